The highest BCUT2D eigenvalue weighted by atomic mass is 15.3. The van der Waals surface area contributed by atoms with E-state index < -0.39 is 0 Å². The summed E-state index contributed by atoms with van der Waals surface area (Å²) in [5, 5.41) is 4.81. The van der Waals surface area contributed by atoms with Crippen LogP contribution in [-0.2, 0) is 6.54 Å². The van der Waals surface area contributed by atoms with E-state index in [2.05, 4.69) is 26.7 Å². The summed E-state index contributed by atoms with van der Waals surface area (Å²) in [5.74, 6) is 0. The van der Waals surface area contributed by atoms with Crippen LogP contribution in [0.15, 0.2) is 12.3 Å². The molecule has 0 unspecified atom stereocenters. The molecule has 5 heteroatoms. The molecule has 1 saturated heterocycles. The second-order valence-corrected chi connectivity index (χ2v) is 6.49. The lowest BCUT2D eigenvalue weighted by Gasteiger charge is -2.20. The van der Waals surface area contributed by atoms with Crippen LogP contribution in [0, 0.1) is 0 Å². The highest BCUT2D eigenvalue weighted by molar-refractivity contribution is 5.00. The fourth-order valence-corrected chi connectivity index (χ4v) is 3.65. The largest absolute Gasteiger partial charge is 0.329 e. The zero-order valence-corrected chi connectivity index (χ0v) is 13.1. The Morgan fingerprint density at radius 3 is 2.62 bits per heavy atom. The smallest absolute Gasteiger partial charge is 0.0764 e. The van der Waals surface area contributed by atoms with Gasteiger partial charge in [-0.3, -0.25) is 9.58 Å². The Morgan fingerprint density at radius 1 is 1.05 bits per heavy atom. The zero-order chi connectivity index (χ0) is 14.5. The first kappa shape index (κ1) is 15.0. The van der Waals surface area contributed by atoms with Crippen molar-refractivity contribution in [1.82, 2.24) is 19.6 Å². The molecular formula is C16H29N5. The monoisotopic (exact) mass is 291 g/mol. The Bertz CT molecular complexity index is 424. The Labute approximate surface area is 128 Å². The van der Waals surface area contributed by atoms with Gasteiger partial charge in [0.25, 0.3) is 0 Å². The predicted molar refractivity (Wildman–Crippen MR) is 85.1 cm³/mol. The van der Waals surface area contributed by atoms with Crippen LogP contribution in [0.4, 0.5) is 0 Å². The quantitative estimate of drug-likeness (QED) is 0.892. The molecule has 0 radical (unpaired) electrons. The minimum absolute atomic E-state index is 0.655. The van der Waals surface area contributed by atoms with Crippen molar-refractivity contribution in [3.05, 3.63) is 18.0 Å². The van der Waals surface area contributed by atoms with Crippen LogP contribution < -0.4 is 5.73 Å². The molecular weight excluding hydrogens is 262 g/mol. The number of aromatic nitrogens is 2. The third-order valence-electron chi connectivity index (χ3n) is 4.87. The molecule has 0 bridgehead atoms. The van der Waals surface area contributed by atoms with Crippen LogP contribution in [0.1, 0.15) is 43.8 Å². The van der Waals surface area contributed by atoms with Crippen LogP contribution in [0.25, 0.3) is 0 Å². The van der Waals surface area contributed by atoms with E-state index in [9.17, 15) is 0 Å². The van der Waals surface area contributed by atoms with Gasteiger partial charge < -0.3 is 10.6 Å². The summed E-state index contributed by atoms with van der Waals surface area (Å²) in [4.78, 5) is 5.02. The Balaban J connectivity index is 1.51. The molecule has 1 aliphatic carbocycles. The predicted octanol–water partition coefficient (Wildman–Crippen LogP) is 1.46. The lowest BCUT2D eigenvalue weighted by atomic mass is 10.3. The second-order valence-electron chi connectivity index (χ2n) is 6.49. The topological polar surface area (TPSA) is 50.3 Å². The SMILES string of the molecule is NCCN1CCCN(Cc2ccn(C3CCCC3)n2)CC1. The third-order valence-corrected chi connectivity index (χ3v) is 4.87. The number of nitrogens with zero attached hydrogens (tertiary/aromatic N) is 4. The highest BCUT2D eigenvalue weighted by Crippen LogP contribution is 2.28. The van der Waals surface area contributed by atoms with Crippen molar-refractivity contribution in [1.29, 1.82) is 0 Å². The normalized spacial score (nSPS) is 22.7. The Morgan fingerprint density at radius 2 is 1.81 bits per heavy atom. The summed E-state index contributed by atoms with van der Waals surface area (Å²) in [7, 11) is 0. The molecule has 118 valence electrons. The zero-order valence-electron chi connectivity index (χ0n) is 13.1. The first-order valence-corrected chi connectivity index (χ1v) is 8.54. The minimum atomic E-state index is 0.655. The number of nitrogens with two attached hydrogens (primary N) is 1. The van der Waals surface area contributed by atoms with Crippen molar-refractivity contribution in [3.63, 3.8) is 0 Å². The maximum absolute atomic E-state index is 5.66. The van der Waals surface area contributed by atoms with Crippen molar-refractivity contribution in [3.8, 4) is 0 Å². The van der Waals surface area contributed by atoms with Gasteiger partial charge in [-0.1, -0.05) is 12.8 Å². The van der Waals surface area contributed by atoms with E-state index in [4.69, 9.17) is 10.8 Å². The van der Waals surface area contributed by atoms with E-state index >= 15 is 0 Å². The molecule has 3 rings (SSSR count). The van der Waals surface area contributed by atoms with Gasteiger partial charge >= 0.3 is 0 Å². The lowest BCUT2D eigenvalue weighted by Crippen LogP contribution is -2.33. The molecule has 1 aliphatic heterocycles. The fourth-order valence-electron chi connectivity index (χ4n) is 3.65. The molecule has 0 amide bonds. The molecule has 5 nitrogen and oxygen atoms in total. The van der Waals surface area contributed by atoms with Gasteiger partial charge in [0.05, 0.1) is 11.7 Å². The summed E-state index contributed by atoms with van der Waals surface area (Å²) in [6, 6.07) is 2.86. The van der Waals surface area contributed by atoms with Crippen molar-refractivity contribution in [2.45, 2.75) is 44.7 Å². The average Bonchev–Trinajstić information content (AvgIpc) is 3.10. The second kappa shape index (κ2) is 7.38. The molecule has 0 atom stereocenters. The first-order valence-electron chi connectivity index (χ1n) is 8.54. The van der Waals surface area contributed by atoms with Crippen LogP contribution in [0.5, 0.6) is 0 Å². The van der Waals surface area contributed by atoms with Gasteiger partial charge in [0.15, 0.2) is 0 Å². The van der Waals surface area contributed by atoms with E-state index in [1.807, 2.05) is 0 Å². The van der Waals surface area contributed by atoms with Gasteiger partial charge in [0.2, 0.25) is 0 Å². The summed E-state index contributed by atoms with van der Waals surface area (Å²) in [6.45, 7) is 7.44. The van der Waals surface area contributed by atoms with Crippen molar-refractivity contribution >= 4 is 0 Å². The summed E-state index contributed by atoms with van der Waals surface area (Å²) in [5.41, 5.74) is 6.89. The third kappa shape index (κ3) is 4.05. The number of rotatable bonds is 5. The highest BCUT2D eigenvalue weighted by Gasteiger charge is 2.19. The van der Waals surface area contributed by atoms with Gasteiger partial charge in [-0.2, -0.15) is 5.10 Å². The first-order chi connectivity index (χ1) is 10.3. The molecule has 2 fully saturated rings. The van der Waals surface area contributed by atoms with Crippen LogP contribution in [0.2, 0.25) is 0 Å². The molecule has 21 heavy (non-hydrogen) atoms. The molecule has 2 aliphatic rings. The molecule has 2 heterocycles. The molecule has 2 N–H and O–H groups in total. The number of hydrogen-bond donors (Lipinski definition) is 1. The van der Waals surface area contributed by atoms with Crippen molar-refractivity contribution in [2.75, 3.05) is 39.3 Å². The Kier molecular flexibility index (Phi) is 5.27. The van der Waals surface area contributed by atoms with Crippen LogP contribution in [-0.4, -0.2) is 58.8 Å². The lowest BCUT2D eigenvalue weighted by molar-refractivity contribution is 0.252. The molecule has 1 aromatic heterocycles. The molecule has 0 spiro atoms. The summed E-state index contributed by atoms with van der Waals surface area (Å²) in [6.07, 6.45) is 8.76. The van der Waals surface area contributed by atoms with E-state index in [0.717, 1.165) is 32.7 Å². The molecule has 1 saturated carbocycles. The molecule has 0 aromatic carbocycles. The maximum atomic E-state index is 5.66. The van der Waals surface area contributed by atoms with Gasteiger partial charge in [0, 0.05) is 38.9 Å². The summed E-state index contributed by atoms with van der Waals surface area (Å²) >= 11 is 0. The van der Waals surface area contributed by atoms with Crippen LogP contribution in [0.3, 0.4) is 0 Å². The summed E-state index contributed by atoms with van der Waals surface area (Å²) < 4.78 is 2.21. The van der Waals surface area contributed by atoms with E-state index in [-0.39, 0.29) is 0 Å². The minimum Gasteiger partial charge on any atom is -0.329 e. The molecule has 1 aromatic rings. The van der Waals surface area contributed by atoms with Gasteiger partial charge in [0.1, 0.15) is 0 Å². The number of hydrogen-bond acceptors (Lipinski definition) is 4. The fraction of sp³-hybridized carbons (Fsp3) is 0.812. The van der Waals surface area contributed by atoms with E-state index in [1.54, 1.807) is 0 Å². The van der Waals surface area contributed by atoms with Crippen molar-refractivity contribution < 1.29 is 0 Å². The Hall–Kier alpha value is -0.910. The van der Waals surface area contributed by atoms with Gasteiger partial charge in [-0.05, 0) is 38.4 Å². The van der Waals surface area contributed by atoms with Crippen molar-refractivity contribution in [2.24, 2.45) is 5.73 Å². The van der Waals surface area contributed by atoms with E-state index in [1.165, 1.54) is 50.9 Å². The standard InChI is InChI=1S/C16H29N5/c17-7-11-19-8-3-9-20(13-12-19)14-15-6-10-21(18-15)16-4-1-2-5-16/h6,10,16H,1-5,7-9,11-14,17H2. The van der Waals surface area contributed by atoms with Gasteiger partial charge in [-0.25, -0.2) is 0 Å². The van der Waals surface area contributed by atoms with E-state index in [0.29, 0.717) is 6.04 Å². The average molecular weight is 291 g/mol. The van der Waals surface area contributed by atoms with Crippen LogP contribution >= 0.6 is 0 Å². The van der Waals surface area contributed by atoms with Gasteiger partial charge in [-0.15, -0.1) is 0 Å². The maximum Gasteiger partial charge on any atom is 0.0764 e.